The van der Waals surface area contributed by atoms with E-state index in [2.05, 4.69) is 15.8 Å². The molecule has 0 saturated heterocycles. The van der Waals surface area contributed by atoms with Crippen LogP contribution >= 0.6 is 0 Å². The minimum atomic E-state index is -1.31. The highest BCUT2D eigenvalue weighted by Gasteiger charge is 2.36. The van der Waals surface area contributed by atoms with Gasteiger partial charge in [0.15, 0.2) is 5.78 Å². The van der Waals surface area contributed by atoms with Gasteiger partial charge in [0, 0.05) is 12.0 Å². The number of carboxylic acid groups (broad SMARTS) is 1. The second kappa shape index (κ2) is 12.9. The summed E-state index contributed by atoms with van der Waals surface area (Å²) in [6, 6.07) is 19.9. The van der Waals surface area contributed by atoms with E-state index in [0.29, 0.717) is 17.0 Å². The number of aliphatic carboxylic acids is 1. The monoisotopic (exact) mass is 545 g/mol. The summed E-state index contributed by atoms with van der Waals surface area (Å²) in [5, 5.41) is 20.7. The lowest BCUT2D eigenvalue weighted by atomic mass is 9.95. The van der Waals surface area contributed by atoms with Crippen LogP contribution < -0.4 is 15.4 Å². The molecular formula is C30H31N3O7. The number of para-hydroxylation sites is 1. The molecular weight excluding hydrogens is 514 g/mol. The molecule has 2 amide bonds. The molecule has 0 aliphatic carbocycles. The van der Waals surface area contributed by atoms with Gasteiger partial charge in [0.1, 0.15) is 18.4 Å². The Kier molecular flexibility index (Phi) is 9.11. The third-order valence-electron chi connectivity index (χ3n) is 6.52. The number of carboxylic acids is 1. The van der Waals surface area contributed by atoms with Crippen LogP contribution in [0.15, 0.2) is 78.0 Å². The molecule has 1 unspecified atom stereocenters. The van der Waals surface area contributed by atoms with Crippen molar-refractivity contribution in [3.8, 4) is 5.75 Å². The smallest absolute Gasteiger partial charge is 0.305 e. The van der Waals surface area contributed by atoms with Gasteiger partial charge in [0.2, 0.25) is 6.10 Å². The van der Waals surface area contributed by atoms with Gasteiger partial charge in [-0.25, -0.2) is 0 Å². The molecule has 1 heterocycles. The number of ether oxygens (including phenoxy) is 1. The third kappa shape index (κ3) is 7.22. The van der Waals surface area contributed by atoms with Gasteiger partial charge in [0.25, 0.3) is 11.8 Å². The number of amides is 2. The highest BCUT2D eigenvalue weighted by molar-refractivity contribution is 6.03. The average molecular weight is 546 g/mol. The summed E-state index contributed by atoms with van der Waals surface area (Å²) in [7, 11) is 0. The number of hydrogen-bond acceptors (Lipinski definition) is 7. The molecule has 3 atom stereocenters. The topological polar surface area (TPSA) is 143 Å². The molecule has 208 valence electrons. The standard InChI is InChI=1S/C30H31N3O7/c1-18(2)28(32-29(37)21-13-12-19-8-6-7-9-20(19)14-21)24-15-26(40-33-24)30(38)31-23(16-27(35)36)25(34)17-39-22-10-4-3-5-11-22/h3-14,18,23,26,28H,15-17H2,1-2H3,(H,31,38)(H,32,37)(H,35,36)/t23-,26?,28-/m0/s1. The van der Waals surface area contributed by atoms with Gasteiger partial charge in [-0.1, -0.05) is 67.5 Å². The third-order valence-corrected chi connectivity index (χ3v) is 6.52. The van der Waals surface area contributed by atoms with Crippen molar-refractivity contribution in [1.82, 2.24) is 10.6 Å². The number of carbonyl (C=O) groups excluding carboxylic acids is 3. The normalized spacial score (nSPS) is 16.0. The number of benzene rings is 3. The quantitative estimate of drug-likeness (QED) is 0.317. The first kappa shape index (κ1) is 28.3. The van der Waals surface area contributed by atoms with E-state index in [1.807, 2.05) is 50.2 Å². The van der Waals surface area contributed by atoms with Crippen molar-refractivity contribution in [3.05, 3.63) is 78.4 Å². The second-order valence-electron chi connectivity index (χ2n) is 9.86. The van der Waals surface area contributed by atoms with Gasteiger partial charge in [0.05, 0.1) is 18.2 Å². The van der Waals surface area contributed by atoms with Crippen LogP contribution in [0, 0.1) is 5.92 Å². The lowest BCUT2D eigenvalue weighted by Crippen LogP contribution is -2.49. The maximum absolute atomic E-state index is 13.1. The Labute approximate surface area is 231 Å². The summed E-state index contributed by atoms with van der Waals surface area (Å²) in [6.07, 6.45) is -1.62. The molecule has 1 aliphatic rings. The second-order valence-corrected chi connectivity index (χ2v) is 9.86. The van der Waals surface area contributed by atoms with Gasteiger partial charge in [-0.05, 0) is 41.0 Å². The van der Waals surface area contributed by atoms with Crippen LogP contribution in [0.3, 0.4) is 0 Å². The van der Waals surface area contributed by atoms with Gasteiger partial charge < -0.3 is 25.3 Å². The first-order valence-corrected chi connectivity index (χ1v) is 13.0. The summed E-state index contributed by atoms with van der Waals surface area (Å²) in [4.78, 5) is 55.4. The zero-order valence-electron chi connectivity index (χ0n) is 22.2. The molecule has 40 heavy (non-hydrogen) atoms. The van der Waals surface area contributed by atoms with E-state index >= 15 is 0 Å². The van der Waals surface area contributed by atoms with E-state index in [1.54, 1.807) is 36.4 Å². The van der Waals surface area contributed by atoms with Crippen LogP contribution in [0.5, 0.6) is 5.75 Å². The zero-order valence-corrected chi connectivity index (χ0v) is 22.2. The van der Waals surface area contributed by atoms with Crippen molar-refractivity contribution < 1.29 is 33.9 Å². The molecule has 0 radical (unpaired) electrons. The van der Waals surface area contributed by atoms with Crippen LogP contribution in [0.25, 0.3) is 10.8 Å². The molecule has 0 fully saturated rings. The fraction of sp³-hybridized carbons (Fsp3) is 0.300. The molecule has 0 spiro atoms. The fourth-order valence-corrected chi connectivity index (χ4v) is 4.37. The van der Waals surface area contributed by atoms with Crippen LogP contribution in [-0.2, 0) is 19.2 Å². The average Bonchev–Trinajstić information content (AvgIpc) is 3.44. The summed E-state index contributed by atoms with van der Waals surface area (Å²) < 4.78 is 5.42. The maximum atomic E-state index is 13.1. The van der Waals surface area contributed by atoms with E-state index in [-0.39, 0.29) is 18.2 Å². The fourth-order valence-electron chi connectivity index (χ4n) is 4.37. The Balaban J connectivity index is 1.37. The van der Waals surface area contributed by atoms with Crippen molar-refractivity contribution in [3.63, 3.8) is 0 Å². The number of carbonyl (C=O) groups is 4. The Bertz CT molecular complexity index is 1420. The van der Waals surface area contributed by atoms with E-state index < -0.39 is 48.9 Å². The van der Waals surface area contributed by atoms with Crippen LogP contribution in [0.1, 0.15) is 37.0 Å². The van der Waals surface area contributed by atoms with Crippen molar-refractivity contribution in [2.24, 2.45) is 11.1 Å². The predicted octanol–water partition coefficient (Wildman–Crippen LogP) is 3.35. The van der Waals surface area contributed by atoms with Gasteiger partial charge in [-0.2, -0.15) is 0 Å². The number of oxime groups is 1. The van der Waals surface area contributed by atoms with E-state index in [1.165, 1.54) is 0 Å². The molecule has 0 bridgehead atoms. The molecule has 1 aliphatic heterocycles. The molecule has 0 saturated carbocycles. The zero-order chi connectivity index (χ0) is 28.6. The molecule has 4 rings (SSSR count). The number of nitrogens with zero attached hydrogens (tertiary/aromatic N) is 1. The molecule has 3 aromatic rings. The number of fused-ring (bicyclic) bond motifs is 1. The molecule has 10 nitrogen and oxygen atoms in total. The summed E-state index contributed by atoms with van der Waals surface area (Å²) in [6.45, 7) is 3.41. The Morgan fingerprint density at radius 3 is 2.38 bits per heavy atom. The predicted molar refractivity (Wildman–Crippen MR) is 148 cm³/mol. The Morgan fingerprint density at radius 1 is 0.975 bits per heavy atom. The Morgan fingerprint density at radius 2 is 1.68 bits per heavy atom. The van der Waals surface area contributed by atoms with Crippen molar-refractivity contribution in [2.45, 2.75) is 44.9 Å². The molecule has 0 aromatic heterocycles. The van der Waals surface area contributed by atoms with Crippen LogP contribution in [0.2, 0.25) is 0 Å². The summed E-state index contributed by atoms with van der Waals surface area (Å²) >= 11 is 0. The van der Waals surface area contributed by atoms with E-state index in [9.17, 15) is 24.3 Å². The first-order valence-electron chi connectivity index (χ1n) is 13.0. The minimum Gasteiger partial charge on any atom is -0.486 e. The molecule has 3 aromatic carbocycles. The minimum absolute atomic E-state index is 0.0648. The number of ketones is 1. The number of rotatable bonds is 12. The Hall–Kier alpha value is -4.73. The van der Waals surface area contributed by atoms with Crippen molar-refractivity contribution in [1.29, 1.82) is 0 Å². The first-order chi connectivity index (χ1) is 19.2. The van der Waals surface area contributed by atoms with Crippen LogP contribution in [-0.4, -0.2) is 59.2 Å². The van der Waals surface area contributed by atoms with Gasteiger partial charge >= 0.3 is 5.97 Å². The van der Waals surface area contributed by atoms with Gasteiger partial charge in [-0.15, -0.1) is 0 Å². The summed E-state index contributed by atoms with van der Waals surface area (Å²) in [5.74, 6) is -2.43. The van der Waals surface area contributed by atoms with Crippen molar-refractivity contribution >= 4 is 40.1 Å². The van der Waals surface area contributed by atoms with Crippen LogP contribution in [0.4, 0.5) is 0 Å². The van der Waals surface area contributed by atoms with E-state index in [4.69, 9.17) is 9.57 Å². The molecule has 3 N–H and O–H groups in total. The van der Waals surface area contributed by atoms with Gasteiger partial charge in [-0.3, -0.25) is 19.2 Å². The van der Waals surface area contributed by atoms with Crippen molar-refractivity contribution in [2.75, 3.05) is 6.61 Å². The maximum Gasteiger partial charge on any atom is 0.305 e. The highest BCUT2D eigenvalue weighted by Crippen LogP contribution is 2.20. The lowest BCUT2D eigenvalue weighted by molar-refractivity contribution is -0.141. The lowest BCUT2D eigenvalue weighted by Gasteiger charge is -2.22. The highest BCUT2D eigenvalue weighted by atomic mass is 16.6. The van der Waals surface area contributed by atoms with E-state index in [0.717, 1.165) is 10.8 Å². The molecule has 10 heteroatoms. The summed E-state index contributed by atoms with van der Waals surface area (Å²) in [5.41, 5.74) is 0.962. The number of nitrogens with one attached hydrogen (secondary N) is 2. The SMILES string of the molecule is CC(C)[C@H](NC(=O)c1ccc2ccccc2c1)C1=NOC(C(=O)N[C@@H](CC(=O)O)C(=O)COc2ccccc2)C1. The number of Topliss-reactive ketones (excluding diaryl/α,β-unsaturated/α-hetero) is 1. The largest absolute Gasteiger partial charge is 0.486 e. The number of hydrogen-bond donors (Lipinski definition) is 3.